The van der Waals surface area contributed by atoms with Crippen molar-refractivity contribution in [2.45, 2.75) is 89.1 Å². The van der Waals surface area contributed by atoms with E-state index in [0.29, 0.717) is 0 Å². The van der Waals surface area contributed by atoms with E-state index in [1.54, 1.807) is 0 Å². The van der Waals surface area contributed by atoms with Crippen LogP contribution in [-0.2, 0) is 0 Å². The summed E-state index contributed by atoms with van der Waals surface area (Å²) in [5.41, 5.74) is 0. The van der Waals surface area contributed by atoms with Gasteiger partial charge < -0.3 is 0 Å². The third-order valence-electron chi connectivity index (χ3n) is 4.59. The van der Waals surface area contributed by atoms with Crippen molar-refractivity contribution in [1.29, 1.82) is 0 Å². The zero-order valence-electron chi connectivity index (χ0n) is 10.8. The molecule has 0 bridgehead atoms. The van der Waals surface area contributed by atoms with E-state index < -0.39 is 0 Å². The molecular formula is C15H28N. The van der Waals surface area contributed by atoms with Gasteiger partial charge in [-0.1, -0.05) is 51.4 Å². The molecule has 0 N–H and O–H groups in total. The highest BCUT2D eigenvalue weighted by Gasteiger charge is 2.24. The summed E-state index contributed by atoms with van der Waals surface area (Å²) in [4.78, 5) is 2.51. The Morgan fingerprint density at radius 2 is 0.875 bits per heavy atom. The minimum absolute atomic E-state index is 0.797. The lowest BCUT2D eigenvalue weighted by atomic mass is 10.0. The van der Waals surface area contributed by atoms with Crippen molar-refractivity contribution in [3.8, 4) is 0 Å². The standard InChI is InChI=1S/C15H28N/c1-16(14-10-6-2-3-7-11-14)15-12-8-4-5-9-13-15/h14-15H,1-13H2. The molecule has 2 aliphatic rings. The van der Waals surface area contributed by atoms with E-state index in [-0.39, 0.29) is 0 Å². The first-order chi connectivity index (χ1) is 7.88. The highest BCUT2D eigenvalue weighted by atomic mass is 15.2. The van der Waals surface area contributed by atoms with Crippen molar-refractivity contribution in [3.05, 3.63) is 7.05 Å². The Labute approximate surface area is 102 Å². The Hall–Kier alpha value is -0.0400. The van der Waals surface area contributed by atoms with E-state index in [4.69, 9.17) is 0 Å². The van der Waals surface area contributed by atoms with Crippen LogP contribution in [0.1, 0.15) is 77.0 Å². The van der Waals surface area contributed by atoms with Gasteiger partial charge in [-0.2, -0.15) is 0 Å². The number of hydrogen-bond donors (Lipinski definition) is 0. The molecule has 1 heteroatoms. The van der Waals surface area contributed by atoms with Gasteiger partial charge in [0.25, 0.3) is 0 Å². The molecule has 0 heterocycles. The maximum absolute atomic E-state index is 4.40. The molecule has 16 heavy (non-hydrogen) atoms. The largest absolute Gasteiger partial charge is 0.296 e. The van der Waals surface area contributed by atoms with E-state index in [1.165, 1.54) is 77.0 Å². The van der Waals surface area contributed by atoms with Crippen LogP contribution < -0.4 is 0 Å². The maximum atomic E-state index is 4.40. The molecule has 0 unspecified atom stereocenters. The van der Waals surface area contributed by atoms with Crippen molar-refractivity contribution in [3.63, 3.8) is 0 Å². The van der Waals surface area contributed by atoms with Crippen LogP contribution >= 0.6 is 0 Å². The van der Waals surface area contributed by atoms with Crippen LogP contribution in [0.15, 0.2) is 0 Å². The fraction of sp³-hybridized carbons (Fsp3) is 0.933. The van der Waals surface area contributed by atoms with Gasteiger partial charge in [0.15, 0.2) is 0 Å². The van der Waals surface area contributed by atoms with Gasteiger partial charge in [-0.15, -0.1) is 0 Å². The van der Waals surface area contributed by atoms with E-state index >= 15 is 0 Å². The molecular weight excluding hydrogens is 194 g/mol. The minimum Gasteiger partial charge on any atom is -0.296 e. The van der Waals surface area contributed by atoms with Gasteiger partial charge in [0.05, 0.1) is 0 Å². The molecule has 2 rings (SSSR count). The molecule has 2 saturated carbocycles. The molecule has 0 aromatic rings. The van der Waals surface area contributed by atoms with Crippen molar-refractivity contribution in [2.24, 2.45) is 0 Å². The zero-order chi connectivity index (χ0) is 11.2. The summed E-state index contributed by atoms with van der Waals surface area (Å²) in [5, 5.41) is 0. The van der Waals surface area contributed by atoms with Gasteiger partial charge in [0.2, 0.25) is 0 Å². The topological polar surface area (TPSA) is 3.24 Å². The van der Waals surface area contributed by atoms with Crippen LogP contribution in [-0.4, -0.2) is 17.0 Å². The fourth-order valence-electron chi connectivity index (χ4n) is 3.48. The van der Waals surface area contributed by atoms with Gasteiger partial charge in [-0.25, -0.2) is 0 Å². The Bertz CT molecular complexity index is 154. The zero-order valence-corrected chi connectivity index (χ0v) is 10.8. The summed E-state index contributed by atoms with van der Waals surface area (Å²) in [7, 11) is 4.40. The molecule has 0 aliphatic heterocycles. The average Bonchev–Trinajstić information content (AvgIpc) is 2.73. The summed E-state index contributed by atoms with van der Waals surface area (Å²) in [5.74, 6) is 0. The van der Waals surface area contributed by atoms with Crippen molar-refractivity contribution in [1.82, 2.24) is 4.90 Å². The van der Waals surface area contributed by atoms with E-state index in [0.717, 1.165) is 12.1 Å². The predicted octanol–water partition coefficient (Wildman–Crippen LogP) is 4.53. The first kappa shape index (κ1) is 12.4. The summed E-state index contributed by atoms with van der Waals surface area (Å²) in [6.07, 6.45) is 17.2. The summed E-state index contributed by atoms with van der Waals surface area (Å²) in [6.45, 7) is 0. The highest BCUT2D eigenvalue weighted by Crippen LogP contribution is 2.28. The molecule has 0 spiro atoms. The van der Waals surface area contributed by atoms with Crippen LogP contribution in [0.5, 0.6) is 0 Å². The van der Waals surface area contributed by atoms with Crippen LogP contribution in [0, 0.1) is 7.05 Å². The first-order valence-electron chi connectivity index (χ1n) is 7.47. The van der Waals surface area contributed by atoms with E-state index in [2.05, 4.69) is 11.9 Å². The normalized spacial score (nSPS) is 26.6. The molecule has 2 aliphatic carbocycles. The van der Waals surface area contributed by atoms with E-state index in [1.807, 2.05) is 0 Å². The SMILES string of the molecule is [CH2]N(C1CCCCCC1)C1CCCCCC1. The first-order valence-corrected chi connectivity index (χ1v) is 7.47. The van der Waals surface area contributed by atoms with Gasteiger partial charge in [0, 0.05) is 19.1 Å². The second-order valence-electron chi connectivity index (χ2n) is 5.80. The smallest absolute Gasteiger partial charge is 0.0115 e. The van der Waals surface area contributed by atoms with Gasteiger partial charge in [-0.3, -0.25) is 4.90 Å². The number of hydrogen-bond acceptors (Lipinski definition) is 1. The molecule has 0 amide bonds. The van der Waals surface area contributed by atoms with Crippen molar-refractivity contribution < 1.29 is 0 Å². The lowest BCUT2D eigenvalue weighted by Gasteiger charge is -2.34. The number of nitrogens with zero attached hydrogens (tertiary/aromatic N) is 1. The minimum atomic E-state index is 0.797. The van der Waals surface area contributed by atoms with Crippen LogP contribution in [0.3, 0.4) is 0 Å². The second-order valence-corrected chi connectivity index (χ2v) is 5.80. The predicted molar refractivity (Wildman–Crippen MR) is 70.2 cm³/mol. The summed E-state index contributed by atoms with van der Waals surface area (Å²) < 4.78 is 0. The lowest BCUT2D eigenvalue weighted by Crippen LogP contribution is -2.38. The maximum Gasteiger partial charge on any atom is 0.0115 e. The lowest BCUT2D eigenvalue weighted by molar-refractivity contribution is 0.167. The molecule has 0 saturated heterocycles. The molecule has 1 nitrogen and oxygen atoms in total. The molecule has 93 valence electrons. The highest BCUT2D eigenvalue weighted by molar-refractivity contribution is 4.81. The quantitative estimate of drug-likeness (QED) is 0.621. The fourth-order valence-corrected chi connectivity index (χ4v) is 3.48. The Kier molecular flexibility index (Phi) is 5.15. The van der Waals surface area contributed by atoms with Crippen LogP contribution in [0.2, 0.25) is 0 Å². The van der Waals surface area contributed by atoms with E-state index in [9.17, 15) is 0 Å². The van der Waals surface area contributed by atoms with Crippen molar-refractivity contribution in [2.75, 3.05) is 0 Å². The molecule has 0 atom stereocenters. The molecule has 0 aromatic heterocycles. The number of rotatable bonds is 2. The molecule has 2 fully saturated rings. The third kappa shape index (κ3) is 3.48. The molecule has 0 aromatic carbocycles. The van der Waals surface area contributed by atoms with Crippen LogP contribution in [0.25, 0.3) is 0 Å². The Balaban J connectivity index is 1.85. The second kappa shape index (κ2) is 6.64. The van der Waals surface area contributed by atoms with Gasteiger partial charge in [-0.05, 0) is 25.7 Å². The Morgan fingerprint density at radius 3 is 1.19 bits per heavy atom. The summed E-state index contributed by atoms with van der Waals surface area (Å²) >= 11 is 0. The van der Waals surface area contributed by atoms with Gasteiger partial charge in [0.1, 0.15) is 0 Å². The van der Waals surface area contributed by atoms with Gasteiger partial charge >= 0.3 is 0 Å². The Morgan fingerprint density at radius 1 is 0.562 bits per heavy atom. The monoisotopic (exact) mass is 222 g/mol. The van der Waals surface area contributed by atoms with Crippen LogP contribution in [0.4, 0.5) is 0 Å². The average molecular weight is 222 g/mol. The summed E-state index contributed by atoms with van der Waals surface area (Å²) in [6, 6.07) is 1.59. The van der Waals surface area contributed by atoms with Crippen molar-refractivity contribution >= 4 is 0 Å². The third-order valence-corrected chi connectivity index (χ3v) is 4.59. The molecule has 1 radical (unpaired) electrons.